The van der Waals surface area contributed by atoms with Gasteiger partial charge in [0.05, 0.1) is 20.3 Å². The number of ether oxygens (including phenoxy) is 5. The number of hydrogen-bond donors (Lipinski definition) is 8. The van der Waals surface area contributed by atoms with Crippen molar-refractivity contribution in [3.63, 3.8) is 0 Å². The van der Waals surface area contributed by atoms with Gasteiger partial charge >= 0.3 is 5.97 Å². The third-order valence-corrected chi connectivity index (χ3v) is 5.91. The molecule has 9 atom stereocenters. The molecule has 14 nitrogen and oxygen atoms in total. The number of phenolic OH excluding ortho intramolecular Hbond substituents is 1. The van der Waals surface area contributed by atoms with E-state index in [1.54, 1.807) is 0 Å². The second-order valence-corrected chi connectivity index (χ2v) is 8.23. The van der Waals surface area contributed by atoms with Crippen LogP contribution in [0.2, 0.25) is 0 Å². The number of benzene rings is 1. The Kier molecular flexibility index (Phi) is 9.23. The van der Waals surface area contributed by atoms with E-state index in [1.165, 1.54) is 31.4 Å². The van der Waals surface area contributed by atoms with Crippen LogP contribution in [0.5, 0.6) is 11.5 Å². The van der Waals surface area contributed by atoms with Gasteiger partial charge in [0, 0.05) is 6.08 Å². The summed E-state index contributed by atoms with van der Waals surface area (Å²) in [4.78, 5) is 12.5. The Hall–Kier alpha value is -2.37. The molecule has 3 rings (SSSR count). The lowest BCUT2D eigenvalue weighted by atomic mass is 9.98. The molecule has 202 valence electrons. The maximum absolute atomic E-state index is 12.5. The maximum Gasteiger partial charge on any atom is 0.331 e. The molecule has 0 unspecified atom stereocenters. The number of aliphatic hydroxyl groups excluding tert-OH is 7. The van der Waals surface area contributed by atoms with Crippen molar-refractivity contribution in [2.45, 2.75) is 54.8 Å². The van der Waals surface area contributed by atoms with E-state index in [-0.39, 0.29) is 11.5 Å². The Morgan fingerprint density at radius 1 is 1.06 bits per heavy atom. The summed E-state index contributed by atoms with van der Waals surface area (Å²) >= 11 is 0. The fourth-order valence-corrected chi connectivity index (χ4v) is 3.88. The molecular formula is C22H30O14. The van der Waals surface area contributed by atoms with E-state index in [0.29, 0.717) is 5.56 Å². The van der Waals surface area contributed by atoms with Crippen molar-refractivity contribution in [3.05, 3.63) is 29.8 Å². The maximum atomic E-state index is 12.5. The predicted octanol–water partition coefficient (Wildman–Crippen LogP) is -3.42. The second-order valence-electron chi connectivity index (χ2n) is 8.23. The van der Waals surface area contributed by atoms with E-state index in [0.717, 1.165) is 6.08 Å². The molecule has 2 aliphatic rings. The zero-order valence-corrected chi connectivity index (χ0v) is 19.2. The first kappa shape index (κ1) is 28.2. The van der Waals surface area contributed by atoms with Crippen molar-refractivity contribution in [2.75, 3.05) is 26.9 Å². The monoisotopic (exact) mass is 518 g/mol. The van der Waals surface area contributed by atoms with E-state index in [4.69, 9.17) is 23.7 Å². The van der Waals surface area contributed by atoms with Crippen molar-refractivity contribution in [1.29, 1.82) is 0 Å². The number of methoxy groups -OCH3 is 1. The van der Waals surface area contributed by atoms with Gasteiger partial charge in [0.15, 0.2) is 17.6 Å². The predicted molar refractivity (Wildman–Crippen MR) is 116 cm³/mol. The van der Waals surface area contributed by atoms with Crippen molar-refractivity contribution < 1.29 is 69.3 Å². The summed E-state index contributed by atoms with van der Waals surface area (Å²) < 4.78 is 26.4. The minimum atomic E-state index is -2.36. The number of esters is 1. The van der Waals surface area contributed by atoms with Gasteiger partial charge in [0.1, 0.15) is 43.2 Å². The summed E-state index contributed by atoms with van der Waals surface area (Å²) in [5.41, 5.74) is 0.445. The number of aliphatic hydroxyl groups is 7. The molecular weight excluding hydrogens is 488 g/mol. The van der Waals surface area contributed by atoms with Crippen LogP contribution >= 0.6 is 0 Å². The number of rotatable bonds is 9. The molecule has 0 aromatic heterocycles. The summed E-state index contributed by atoms with van der Waals surface area (Å²) in [7, 11) is 1.35. The van der Waals surface area contributed by atoms with Gasteiger partial charge in [-0.2, -0.15) is 0 Å². The first-order valence-electron chi connectivity index (χ1n) is 10.9. The molecule has 2 heterocycles. The molecule has 36 heavy (non-hydrogen) atoms. The van der Waals surface area contributed by atoms with Crippen LogP contribution in [0.3, 0.4) is 0 Å². The lowest BCUT2D eigenvalue weighted by Crippen LogP contribution is -2.63. The molecule has 2 saturated heterocycles. The van der Waals surface area contributed by atoms with Crippen molar-refractivity contribution in [3.8, 4) is 11.5 Å². The van der Waals surface area contributed by atoms with Crippen LogP contribution in [0.25, 0.3) is 6.08 Å². The molecule has 0 amide bonds. The second kappa shape index (κ2) is 11.8. The highest BCUT2D eigenvalue weighted by Gasteiger charge is 2.59. The zero-order chi connectivity index (χ0) is 26.6. The Morgan fingerprint density at radius 3 is 2.33 bits per heavy atom. The number of carbonyl (C=O) groups excluding carboxylic acids is 1. The molecule has 2 aliphatic heterocycles. The molecule has 0 saturated carbocycles. The average Bonchev–Trinajstić information content (AvgIpc) is 3.12. The number of phenols is 1. The van der Waals surface area contributed by atoms with Crippen LogP contribution in [-0.4, -0.2) is 129 Å². The zero-order valence-electron chi connectivity index (χ0n) is 19.2. The summed E-state index contributed by atoms with van der Waals surface area (Å²) in [5, 5.41) is 79.6. The molecule has 0 aliphatic carbocycles. The van der Waals surface area contributed by atoms with Crippen LogP contribution in [0.1, 0.15) is 5.56 Å². The van der Waals surface area contributed by atoms with Gasteiger partial charge in [-0.25, -0.2) is 4.79 Å². The molecule has 8 N–H and O–H groups in total. The average molecular weight is 518 g/mol. The van der Waals surface area contributed by atoms with Gasteiger partial charge in [0.25, 0.3) is 0 Å². The molecule has 0 radical (unpaired) electrons. The topological polar surface area (TPSA) is 225 Å². The Balaban J connectivity index is 1.81. The first-order chi connectivity index (χ1) is 17.1. The first-order valence-corrected chi connectivity index (χ1v) is 10.9. The van der Waals surface area contributed by atoms with E-state index < -0.39 is 80.6 Å². The number of aromatic hydroxyl groups is 1. The summed E-state index contributed by atoms with van der Waals surface area (Å²) in [6.45, 7) is -2.56. The van der Waals surface area contributed by atoms with Gasteiger partial charge in [-0.05, 0) is 23.8 Å². The third kappa shape index (κ3) is 5.63. The summed E-state index contributed by atoms with van der Waals surface area (Å²) in [6, 6.07) is 4.26. The van der Waals surface area contributed by atoms with Gasteiger partial charge in [-0.3, -0.25) is 0 Å². The number of carbonyl (C=O) groups is 1. The quantitative estimate of drug-likeness (QED) is 0.118. The van der Waals surface area contributed by atoms with Crippen LogP contribution < -0.4 is 4.74 Å². The highest BCUT2D eigenvalue weighted by Crippen LogP contribution is 2.36. The van der Waals surface area contributed by atoms with Crippen LogP contribution in [0.15, 0.2) is 24.3 Å². The summed E-state index contributed by atoms with van der Waals surface area (Å²) in [5.74, 6) is -3.35. The van der Waals surface area contributed by atoms with E-state index >= 15 is 0 Å². The Bertz CT molecular complexity index is 924. The normalized spacial score (nSPS) is 36.8. The van der Waals surface area contributed by atoms with E-state index in [9.17, 15) is 45.6 Å². The standard InChI is InChI=1S/C22H30O14/c1-32-12-6-10(2-4-11(12)26)3-5-15(27)34-19-18(30)16(28)13(7-23)33-21(19)36-22(9-25)20(31)17(29)14(8-24)35-22/h2-6,13-14,16-21,23-26,28-31H,7-9H2,1H3/b5-3+/t13-,14+,16-,17+,18+,19-,20-,21-,22-/m1/s1. The lowest BCUT2D eigenvalue weighted by Gasteiger charge is -2.44. The Morgan fingerprint density at radius 2 is 1.75 bits per heavy atom. The van der Waals surface area contributed by atoms with Crippen molar-refractivity contribution >= 4 is 12.0 Å². The van der Waals surface area contributed by atoms with Gasteiger partial charge in [0.2, 0.25) is 12.1 Å². The molecule has 1 aromatic rings. The highest BCUT2D eigenvalue weighted by atomic mass is 16.8. The molecule has 2 fully saturated rings. The van der Waals surface area contributed by atoms with Gasteiger partial charge in [-0.15, -0.1) is 0 Å². The number of hydrogen-bond acceptors (Lipinski definition) is 14. The molecule has 0 spiro atoms. The van der Waals surface area contributed by atoms with Gasteiger partial charge in [-0.1, -0.05) is 6.07 Å². The van der Waals surface area contributed by atoms with Gasteiger partial charge < -0.3 is 64.5 Å². The molecule has 0 bridgehead atoms. The minimum Gasteiger partial charge on any atom is -0.504 e. The Labute approximate surface area is 205 Å². The van der Waals surface area contributed by atoms with E-state index in [2.05, 4.69) is 0 Å². The van der Waals surface area contributed by atoms with E-state index in [1.807, 2.05) is 0 Å². The van der Waals surface area contributed by atoms with Crippen molar-refractivity contribution in [1.82, 2.24) is 0 Å². The van der Waals surface area contributed by atoms with Crippen LogP contribution in [-0.2, 0) is 23.7 Å². The fourth-order valence-electron chi connectivity index (χ4n) is 3.88. The fraction of sp³-hybridized carbons (Fsp3) is 0.591. The molecule has 1 aromatic carbocycles. The largest absolute Gasteiger partial charge is 0.504 e. The third-order valence-electron chi connectivity index (χ3n) is 5.91. The van der Waals surface area contributed by atoms with Crippen LogP contribution in [0.4, 0.5) is 0 Å². The van der Waals surface area contributed by atoms with Crippen LogP contribution in [0, 0.1) is 0 Å². The SMILES string of the molecule is COc1cc(/C=C/C(=O)O[C@H]2[C@@H](O[C@@]3(CO)O[C@@H](CO)[C@H](O)[C@H]3O)O[C@H](CO)[C@@H](O)[C@@H]2O)ccc1O. The summed E-state index contributed by atoms with van der Waals surface area (Å²) in [6.07, 6.45) is -11.1. The highest BCUT2D eigenvalue weighted by molar-refractivity contribution is 5.87. The minimum absolute atomic E-state index is 0.116. The smallest absolute Gasteiger partial charge is 0.331 e. The lowest BCUT2D eigenvalue weighted by molar-refractivity contribution is -0.383. The molecule has 14 heteroatoms. The van der Waals surface area contributed by atoms with Crippen molar-refractivity contribution in [2.24, 2.45) is 0 Å².